The van der Waals surface area contributed by atoms with E-state index >= 15 is 0 Å². The summed E-state index contributed by atoms with van der Waals surface area (Å²) in [6.07, 6.45) is 0. The molecule has 0 amide bonds. The van der Waals surface area contributed by atoms with Gasteiger partial charge in [-0.25, -0.2) is 0 Å². The second-order valence-corrected chi connectivity index (χ2v) is 1.99. The molecule has 0 aliphatic rings. The molecule has 32 valence electrons. The summed E-state index contributed by atoms with van der Waals surface area (Å²) < 4.78 is 0. The average molecular weight is 105 g/mol. The first kappa shape index (κ1) is 6.57. The van der Waals surface area contributed by atoms with Crippen LogP contribution in [0.5, 0.6) is 0 Å². The van der Waals surface area contributed by atoms with Crippen molar-refractivity contribution in [3.05, 3.63) is 34.5 Å². The molecule has 0 unspecified atom stereocenters. The fourth-order valence-electron chi connectivity index (χ4n) is 0.184. The molecule has 0 aromatic heterocycles. The van der Waals surface area contributed by atoms with Crippen molar-refractivity contribution in [1.29, 1.82) is 0 Å². The Labute approximate surface area is 50.3 Å². The zero-order valence-electron chi connectivity index (χ0n) is 4.15. The molecule has 0 rings (SSSR count). The van der Waals surface area contributed by atoms with Crippen LogP contribution < -0.4 is 0 Å². The summed E-state index contributed by atoms with van der Waals surface area (Å²) in [5.41, 5.74) is 5.33. The predicted octanol–water partition coefficient (Wildman–Crippen LogP) is 1.29. The zero-order valence-corrected chi connectivity index (χ0v) is 5.30. The van der Waals surface area contributed by atoms with Gasteiger partial charge < -0.3 is 0 Å². The molecule has 0 atom stereocenters. The third kappa shape index (κ3) is 5.57. The van der Waals surface area contributed by atoms with Crippen LogP contribution in [0.3, 0.4) is 0 Å². The first-order chi connectivity index (χ1) is 3.41. The summed E-state index contributed by atoms with van der Waals surface area (Å²) >= 11 is 0.225. The van der Waals surface area contributed by atoms with Gasteiger partial charge >= 0.3 is 49.7 Å². The van der Waals surface area contributed by atoms with Crippen molar-refractivity contribution < 1.29 is 0 Å². The van der Waals surface area contributed by atoms with Gasteiger partial charge in [0.05, 0.1) is 0 Å². The van der Waals surface area contributed by atoms with Gasteiger partial charge in [-0.3, -0.25) is 0 Å². The second-order valence-electron chi connectivity index (χ2n) is 0.934. The average Bonchev–Trinajstić information content (AvgIpc) is 1.69. The summed E-state index contributed by atoms with van der Waals surface area (Å²) in [6, 6.07) is 0. The molecule has 0 bridgehead atoms. The van der Waals surface area contributed by atoms with E-state index in [1.807, 2.05) is 9.88 Å². The van der Waals surface area contributed by atoms with Crippen molar-refractivity contribution >= 4 is 15.2 Å². The quantitative estimate of drug-likeness (QED) is 0.366. The van der Waals surface area contributed by atoms with E-state index in [2.05, 4.69) is 24.6 Å². The van der Waals surface area contributed by atoms with Crippen LogP contribution in [-0.2, 0) is 0 Å². The standard InChI is InChI=1S/2C3H3.Al/c2*1-3-2;/h2*1H,2H2;/q;;+1. The van der Waals surface area contributed by atoms with Gasteiger partial charge in [0.2, 0.25) is 0 Å². The van der Waals surface area contributed by atoms with Crippen LogP contribution in [-0.4, -0.2) is 15.2 Å². The van der Waals surface area contributed by atoms with Gasteiger partial charge in [-0.1, -0.05) is 0 Å². The molecule has 1 heteroatoms. The molecular weight excluding hydrogens is 99.0 g/mol. The van der Waals surface area contributed by atoms with E-state index in [1.165, 1.54) is 0 Å². The fraction of sp³-hybridized carbons (Fsp3) is 0. The molecule has 0 heterocycles. The summed E-state index contributed by atoms with van der Waals surface area (Å²) in [5, 5.41) is 0. The molecule has 7 heavy (non-hydrogen) atoms. The molecule has 0 radical (unpaired) electrons. The Balaban J connectivity index is 3.33. The van der Waals surface area contributed by atoms with Gasteiger partial charge in [0.25, 0.3) is 0 Å². The van der Waals surface area contributed by atoms with Crippen molar-refractivity contribution in [3.8, 4) is 0 Å². The van der Waals surface area contributed by atoms with Crippen LogP contribution >= 0.6 is 0 Å². The van der Waals surface area contributed by atoms with Crippen LogP contribution in [0.2, 0.25) is 0 Å². The first-order valence-electron chi connectivity index (χ1n) is 1.95. The third-order valence-corrected chi connectivity index (χ3v) is 1.28. The minimum absolute atomic E-state index is 0.225. The van der Waals surface area contributed by atoms with Crippen molar-refractivity contribution in [2.75, 3.05) is 0 Å². The minimum atomic E-state index is 0.225. The molecule has 0 aliphatic carbocycles. The Morgan fingerprint density at radius 3 is 1.86 bits per heavy atom. The van der Waals surface area contributed by atoms with Gasteiger partial charge in [0.1, 0.15) is 0 Å². The summed E-state index contributed by atoms with van der Waals surface area (Å²) in [5.74, 6) is 0. The van der Waals surface area contributed by atoms with Gasteiger partial charge in [-0.15, -0.1) is 0 Å². The molecule has 0 aromatic carbocycles. The van der Waals surface area contributed by atoms with Gasteiger partial charge in [-0.05, 0) is 0 Å². The molecule has 0 spiro atoms. The van der Waals surface area contributed by atoms with Gasteiger partial charge in [-0.2, -0.15) is 0 Å². The van der Waals surface area contributed by atoms with E-state index in [-0.39, 0.29) is 15.2 Å². The predicted molar refractivity (Wildman–Crippen MR) is 33.2 cm³/mol. The Hall–Kier alpha value is -0.428. The van der Waals surface area contributed by atoms with Crippen LogP contribution in [0.25, 0.3) is 0 Å². The number of rotatable bonds is 2. The third-order valence-electron chi connectivity index (χ3n) is 0.428. The zero-order chi connectivity index (χ0) is 5.54. The summed E-state index contributed by atoms with van der Waals surface area (Å²) in [6.45, 7) is 6.81. The van der Waals surface area contributed by atoms with Crippen LogP contribution in [0.1, 0.15) is 0 Å². The van der Waals surface area contributed by atoms with Crippen LogP contribution in [0.4, 0.5) is 0 Å². The summed E-state index contributed by atoms with van der Waals surface area (Å²) in [7, 11) is 0. The van der Waals surface area contributed by atoms with E-state index in [0.717, 1.165) is 0 Å². The maximum absolute atomic E-state index is 3.40. The Morgan fingerprint density at radius 1 is 1.14 bits per heavy atom. The van der Waals surface area contributed by atoms with E-state index in [0.29, 0.717) is 0 Å². The molecule has 0 fully saturated rings. The maximum atomic E-state index is 3.40. The molecule has 0 aliphatic heterocycles. The summed E-state index contributed by atoms with van der Waals surface area (Å²) in [4.78, 5) is 3.80. The van der Waals surface area contributed by atoms with Crippen LogP contribution in [0, 0.1) is 0 Å². The first-order valence-corrected chi connectivity index (χ1v) is 3.28. The Bertz CT molecular complexity index is 107. The molecular formula is C6H6Al+. The molecule has 0 nitrogen and oxygen atoms in total. The Kier molecular flexibility index (Phi) is 5.23. The monoisotopic (exact) mass is 105 g/mol. The molecule has 0 N–H and O–H groups in total. The number of hydrogen-bond acceptors (Lipinski definition) is 0. The fourth-order valence-corrected chi connectivity index (χ4v) is 0.553. The van der Waals surface area contributed by atoms with Gasteiger partial charge in [0.15, 0.2) is 0 Å². The van der Waals surface area contributed by atoms with E-state index in [4.69, 9.17) is 0 Å². The van der Waals surface area contributed by atoms with E-state index < -0.39 is 0 Å². The Morgan fingerprint density at radius 2 is 1.57 bits per heavy atom. The van der Waals surface area contributed by atoms with E-state index in [9.17, 15) is 0 Å². The number of hydrogen-bond donors (Lipinski definition) is 0. The van der Waals surface area contributed by atoms with Crippen LogP contribution in [0.15, 0.2) is 34.5 Å². The van der Waals surface area contributed by atoms with Crippen molar-refractivity contribution in [2.24, 2.45) is 0 Å². The topological polar surface area (TPSA) is 0 Å². The van der Waals surface area contributed by atoms with Crippen molar-refractivity contribution in [3.63, 3.8) is 0 Å². The molecule has 0 aromatic rings. The van der Waals surface area contributed by atoms with E-state index in [1.54, 1.807) is 0 Å². The molecule has 0 saturated carbocycles. The van der Waals surface area contributed by atoms with Crippen molar-refractivity contribution in [1.82, 2.24) is 0 Å². The van der Waals surface area contributed by atoms with Crippen molar-refractivity contribution in [2.45, 2.75) is 0 Å². The second kappa shape index (κ2) is 5.57. The molecule has 0 saturated heterocycles. The van der Waals surface area contributed by atoms with Gasteiger partial charge in [0, 0.05) is 0 Å². The normalized spacial score (nSPS) is 4.57. The SMILES string of the molecule is C=C=[CH][Al+][CH]=C=C.